The van der Waals surface area contributed by atoms with Gasteiger partial charge in [0.05, 0.1) is 12.7 Å². The number of piperidine rings is 1. The Morgan fingerprint density at radius 1 is 1.40 bits per heavy atom. The summed E-state index contributed by atoms with van der Waals surface area (Å²) in [4.78, 5) is 14.6. The highest BCUT2D eigenvalue weighted by molar-refractivity contribution is 5.80. The molecule has 20 heavy (non-hydrogen) atoms. The van der Waals surface area contributed by atoms with Crippen molar-refractivity contribution in [1.82, 2.24) is 10.2 Å². The molecule has 5 nitrogen and oxygen atoms in total. The van der Waals surface area contributed by atoms with Gasteiger partial charge in [-0.25, -0.2) is 0 Å². The van der Waals surface area contributed by atoms with Crippen molar-refractivity contribution < 1.29 is 14.3 Å². The largest absolute Gasteiger partial charge is 0.465 e. The van der Waals surface area contributed by atoms with Gasteiger partial charge in [0.2, 0.25) is 0 Å². The van der Waals surface area contributed by atoms with Crippen LogP contribution in [0.5, 0.6) is 0 Å². The number of methoxy groups -OCH3 is 1. The van der Waals surface area contributed by atoms with Gasteiger partial charge in [0.25, 0.3) is 0 Å². The summed E-state index contributed by atoms with van der Waals surface area (Å²) in [7, 11) is 1.77. The van der Waals surface area contributed by atoms with Crippen LogP contribution in [0.25, 0.3) is 0 Å². The molecule has 0 radical (unpaired) electrons. The molecule has 2 rings (SSSR count). The second-order valence-electron chi connectivity index (χ2n) is 6.21. The van der Waals surface area contributed by atoms with Crippen LogP contribution in [0, 0.1) is 0 Å². The molecule has 2 unspecified atom stereocenters. The SMILES string of the molecule is CCOC(=O)C(C)(CN1CCCC(OC)C1)NC1CC1. The molecule has 0 aromatic carbocycles. The molecule has 116 valence electrons. The molecular formula is C15H28N2O3. The van der Waals surface area contributed by atoms with E-state index in [0.717, 1.165) is 38.8 Å². The fourth-order valence-electron chi connectivity index (χ4n) is 2.93. The lowest BCUT2D eigenvalue weighted by atomic mass is 9.99. The smallest absolute Gasteiger partial charge is 0.327 e. The van der Waals surface area contributed by atoms with E-state index in [2.05, 4.69) is 10.2 Å². The zero-order valence-electron chi connectivity index (χ0n) is 13.0. The number of rotatable bonds is 7. The topological polar surface area (TPSA) is 50.8 Å². The normalized spacial score (nSPS) is 27.1. The zero-order valence-corrected chi connectivity index (χ0v) is 13.0. The van der Waals surface area contributed by atoms with Gasteiger partial charge < -0.3 is 9.47 Å². The molecule has 1 aliphatic heterocycles. The third-order valence-corrected chi connectivity index (χ3v) is 4.16. The molecule has 5 heteroatoms. The summed E-state index contributed by atoms with van der Waals surface area (Å²) in [5, 5.41) is 3.48. The van der Waals surface area contributed by atoms with E-state index in [1.54, 1.807) is 7.11 Å². The highest BCUT2D eigenvalue weighted by Crippen LogP contribution is 2.25. The van der Waals surface area contributed by atoms with Gasteiger partial charge in [-0.2, -0.15) is 0 Å². The maximum atomic E-state index is 12.3. The fourth-order valence-corrected chi connectivity index (χ4v) is 2.93. The second kappa shape index (κ2) is 6.87. The molecule has 0 bridgehead atoms. The summed E-state index contributed by atoms with van der Waals surface area (Å²) in [5.41, 5.74) is -0.604. The number of nitrogens with zero attached hydrogens (tertiary/aromatic N) is 1. The van der Waals surface area contributed by atoms with Crippen molar-refractivity contribution in [3.63, 3.8) is 0 Å². The molecule has 2 atom stereocenters. The Kier molecular flexibility index (Phi) is 5.41. The maximum Gasteiger partial charge on any atom is 0.327 e. The van der Waals surface area contributed by atoms with Crippen molar-refractivity contribution in [2.45, 2.75) is 57.2 Å². The Bertz CT molecular complexity index is 333. The van der Waals surface area contributed by atoms with Gasteiger partial charge in [-0.05, 0) is 46.1 Å². The summed E-state index contributed by atoms with van der Waals surface area (Å²) in [6, 6.07) is 0.479. The number of ether oxygens (including phenoxy) is 2. The average Bonchev–Trinajstić information content (AvgIpc) is 3.23. The molecule has 2 fully saturated rings. The predicted octanol–water partition coefficient (Wildman–Crippen LogP) is 1.17. The third kappa shape index (κ3) is 4.17. The van der Waals surface area contributed by atoms with E-state index in [9.17, 15) is 4.79 Å². The van der Waals surface area contributed by atoms with E-state index >= 15 is 0 Å². The lowest BCUT2D eigenvalue weighted by molar-refractivity contribution is -0.152. The van der Waals surface area contributed by atoms with E-state index in [0.29, 0.717) is 19.2 Å². The van der Waals surface area contributed by atoms with Gasteiger partial charge in [-0.15, -0.1) is 0 Å². The van der Waals surface area contributed by atoms with E-state index in [4.69, 9.17) is 9.47 Å². The van der Waals surface area contributed by atoms with Gasteiger partial charge in [-0.3, -0.25) is 15.0 Å². The number of carbonyl (C=O) groups excluding carboxylic acids is 1. The van der Waals surface area contributed by atoms with Crippen LogP contribution in [-0.2, 0) is 14.3 Å². The number of carbonyl (C=O) groups is 1. The first-order valence-corrected chi connectivity index (χ1v) is 7.77. The lowest BCUT2D eigenvalue weighted by Gasteiger charge is -2.38. The monoisotopic (exact) mass is 284 g/mol. The molecular weight excluding hydrogens is 256 g/mol. The molecule has 0 spiro atoms. The van der Waals surface area contributed by atoms with Crippen molar-refractivity contribution in [2.75, 3.05) is 33.4 Å². The lowest BCUT2D eigenvalue weighted by Crippen LogP contribution is -2.59. The highest BCUT2D eigenvalue weighted by Gasteiger charge is 2.41. The Balaban J connectivity index is 1.96. The fraction of sp³-hybridized carbons (Fsp3) is 0.933. The van der Waals surface area contributed by atoms with E-state index < -0.39 is 5.54 Å². The molecule has 2 aliphatic rings. The Morgan fingerprint density at radius 2 is 2.15 bits per heavy atom. The van der Waals surface area contributed by atoms with E-state index in [1.165, 1.54) is 0 Å². The van der Waals surface area contributed by atoms with Crippen molar-refractivity contribution in [3.05, 3.63) is 0 Å². The molecule has 0 amide bonds. The first-order chi connectivity index (χ1) is 9.57. The van der Waals surface area contributed by atoms with Crippen LogP contribution >= 0.6 is 0 Å². The molecule has 0 aromatic rings. The summed E-state index contributed by atoms with van der Waals surface area (Å²) >= 11 is 0. The van der Waals surface area contributed by atoms with Crippen molar-refractivity contribution >= 4 is 5.97 Å². The highest BCUT2D eigenvalue weighted by atomic mass is 16.5. The van der Waals surface area contributed by atoms with Gasteiger partial charge >= 0.3 is 5.97 Å². The van der Waals surface area contributed by atoms with Crippen LogP contribution in [0.3, 0.4) is 0 Å². The number of hydrogen-bond donors (Lipinski definition) is 1. The van der Waals surface area contributed by atoms with Gasteiger partial charge in [0.15, 0.2) is 0 Å². The van der Waals surface area contributed by atoms with Crippen LogP contribution in [0.2, 0.25) is 0 Å². The van der Waals surface area contributed by atoms with Crippen molar-refractivity contribution in [1.29, 1.82) is 0 Å². The average molecular weight is 284 g/mol. The molecule has 1 heterocycles. The number of nitrogens with one attached hydrogen (secondary N) is 1. The zero-order chi connectivity index (χ0) is 14.6. The quantitative estimate of drug-likeness (QED) is 0.711. The minimum atomic E-state index is -0.604. The van der Waals surface area contributed by atoms with Crippen molar-refractivity contribution in [2.24, 2.45) is 0 Å². The van der Waals surface area contributed by atoms with Gasteiger partial charge in [0, 0.05) is 26.2 Å². The first kappa shape index (κ1) is 15.7. The molecule has 0 aromatic heterocycles. The molecule has 1 saturated heterocycles. The number of esters is 1. The molecule has 1 saturated carbocycles. The maximum absolute atomic E-state index is 12.3. The summed E-state index contributed by atoms with van der Waals surface area (Å²) in [6.07, 6.45) is 4.85. The van der Waals surface area contributed by atoms with Crippen LogP contribution < -0.4 is 5.32 Å². The Morgan fingerprint density at radius 3 is 2.75 bits per heavy atom. The standard InChI is InChI=1S/C15H28N2O3/c1-4-20-14(18)15(2,16-12-7-8-12)11-17-9-5-6-13(10-17)19-3/h12-13,16H,4-11H2,1-3H3. The van der Waals surface area contributed by atoms with Gasteiger partial charge in [-0.1, -0.05) is 0 Å². The summed E-state index contributed by atoms with van der Waals surface area (Å²) in [5.74, 6) is -0.133. The third-order valence-electron chi connectivity index (χ3n) is 4.16. The van der Waals surface area contributed by atoms with Gasteiger partial charge in [0.1, 0.15) is 5.54 Å². The van der Waals surface area contributed by atoms with E-state index in [-0.39, 0.29) is 12.1 Å². The molecule has 1 aliphatic carbocycles. The Hall–Kier alpha value is -0.650. The first-order valence-electron chi connectivity index (χ1n) is 7.77. The minimum absolute atomic E-state index is 0.133. The minimum Gasteiger partial charge on any atom is -0.465 e. The van der Waals surface area contributed by atoms with Crippen LogP contribution in [0.15, 0.2) is 0 Å². The molecule has 1 N–H and O–H groups in total. The number of hydrogen-bond acceptors (Lipinski definition) is 5. The Labute approximate surface area is 122 Å². The van der Waals surface area contributed by atoms with E-state index in [1.807, 2.05) is 13.8 Å². The predicted molar refractivity (Wildman–Crippen MR) is 77.7 cm³/mol. The van der Waals surface area contributed by atoms with Crippen LogP contribution in [-0.4, -0.2) is 61.9 Å². The summed E-state index contributed by atoms with van der Waals surface area (Å²) < 4.78 is 10.7. The van der Waals surface area contributed by atoms with Crippen LogP contribution in [0.4, 0.5) is 0 Å². The number of likely N-dealkylation sites (tertiary alicyclic amines) is 1. The van der Waals surface area contributed by atoms with Crippen LogP contribution in [0.1, 0.15) is 39.5 Å². The second-order valence-corrected chi connectivity index (χ2v) is 6.21. The summed E-state index contributed by atoms with van der Waals surface area (Å²) in [6.45, 7) is 6.89. The van der Waals surface area contributed by atoms with Crippen molar-refractivity contribution in [3.8, 4) is 0 Å².